The van der Waals surface area contributed by atoms with E-state index in [1.165, 1.54) is 10.6 Å². The molecule has 0 N–H and O–H groups in total. The maximum absolute atomic E-state index is 11.7. The second-order valence-corrected chi connectivity index (χ2v) is 7.99. The Morgan fingerprint density at radius 1 is 1.43 bits per heavy atom. The van der Waals surface area contributed by atoms with Crippen molar-refractivity contribution in [3.05, 3.63) is 0 Å². The lowest BCUT2D eigenvalue weighted by Crippen LogP contribution is -2.50. The normalized spacial score (nSPS) is 30.7. The highest BCUT2D eigenvalue weighted by Crippen LogP contribution is 2.39. The Labute approximate surface area is 126 Å². The van der Waals surface area contributed by atoms with Crippen molar-refractivity contribution in [2.24, 2.45) is 0 Å². The lowest BCUT2D eigenvalue weighted by Gasteiger charge is -2.39. The molecule has 2 aliphatic heterocycles. The van der Waals surface area contributed by atoms with Crippen LogP contribution in [-0.2, 0) is 24.3 Å². The van der Waals surface area contributed by atoms with Crippen LogP contribution in [0.4, 0.5) is 0 Å². The molecule has 122 valence electrons. The molecule has 1 spiro atoms. The number of esters is 1. The third kappa shape index (κ3) is 4.40. The number of carbonyl (C=O) groups is 1. The van der Waals surface area contributed by atoms with Crippen molar-refractivity contribution in [2.75, 3.05) is 26.0 Å². The van der Waals surface area contributed by atoms with E-state index in [1.807, 2.05) is 0 Å². The van der Waals surface area contributed by atoms with Gasteiger partial charge in [0, 0.05) is 19.5 Å². The molecule has 21 heavy (non-hydrogen) atoms. The van der Waals surface area contributed by atoms with Crippen LogP contribution in [0.1, 0.15) is 45.4 Å². The summed E-state index contributed by atoms with van der Waals surface area (Å²) in [4.78, 5) is 11.4. The zero-order chi connectivity index (χ0) is 15.5. The Hall–Kier alpha value is -0.660. The molecule has 0 aromatic rings. The summed E-state index contributed by atoms with van der Waals surface area (Å²) in [6.07, 6.45) is 5.79. The van der Waals surface area contributed by atoms with E-state index >= 15 is 0 Å². The largest absolute Gasteiger partial charge is 0.466 e. The van der Waals surface area contributed by atoms with E-state index in [2.05, 4.69) is 0 Å². The Morgan fingerprint density at radius 2 is 2.19 bits per heavy atom. The van der Waals surface area contributed by atoms with Crippen molar-refractivity contribution in [2.45, 2.75) is 57.2 Å². The van der Waals surface area contributed by atoms with Gasteiger partial charge in [0.05, 0.1) is 24.6 Å². The molecular weight excluding hydrogens is 294 g/mol. The van der Waals surface area contributed by atoms with Gasteiger partial charge in [-0.2, -0.15) is 4.31 Å². The Kier molecular flexibility index (Phi) is 5.27. The molecule has 2 fully saturated rings. The fourth-order valence-corrected chi connectivity index (χ4v) is 4.18. The van der Waals surface area contributed by atoms with E-state index in [0.29, 0.717) is 32.5 Å². The molecule has 0 unspecified atom stereocenters. The molecule has 0 bridgehead atoms. The van der Waals surface area contributed by atoms with Crippen LogP contribution in [0.2, 0.25) is 0 Å². The Morgan fingerprint density at radius 3 is 2.86 bits per heavy atom. The average molecular weight is 319 g/mol. The van der Waals surface area contributed by atoms with Gasteiger partial charge < -0.3 is 9.47 Å². The first-order valence-corrected chi connectivity index (χ1v) is 9.48. The molecule has 0 aromatic heterocycles. The first-order chi connectivity index (χ1) is 9.85. The van der Waals surface area contributed by atoms with Crippen molar-refractivity contribution < 1.29 is 22.7 Å². The van der Waals surface area contributed by atoms with Crippen molar-refractivity contribution in [1.82, 2.24) is 4.31 Å². The number of ether oxygens (including phenoxy) is 2. The van der Waals surface area contributed by atoms with E-state index in [9.17, 15) is 13.2 Å². The molecule has 2 saturated heterocycles. The Bertz CT molecular complexity index is 478. The summed E-state index contributed by atoms with van der Waals surface area (Å²) < 4.78 is 36.0. The summed E-state index contributed by atoms with van der Waals surface area (Å²) in [7, 11) is -3.16. The molecule has 6 nitrogen and oxygen atoms in total. The SMILES string of the molecule is CCOC(=O)CC[C@H]1CC[C@]2(CCCN(S(C)(=O)=O)C2)O1. The van der Waals surface area contributed by atoms with Gasteiger partial charge in [-0.15, -0.1) is 0 Å². The highest BCUT2D eigenvalue weighted by Gasteiger charge is 2.44. The lowest BCUT2D eigenvalue weighted by atomic mass is 9.91. The van der Waals surface area contributed by atoms with Gasteiger partial charge in [0.1, 0.15) is 0 Å². The number of carbonyl (C=O) groups excluding carboxylic acids is 1. The number of hydrogen-bond donors (Lipinski definition) is 0. The smallest absolute Gasteiger partial charge is 0.305 e. The van der Waals surface area contributed by atoms with Crippen LogP contribution in [0, 0.1) is 0 Å². The molecule has 0 aliphatic carbocycles. The summed E-state index contributed by atoms with van der Waals surface area (Å²) in [5, 5.41) is 0. The van der Waals surface area contributed by atoms with Gasteiger partial charge in [-0.05, 0) is 39.0 Å². The van der Waals surface area contributed by atoms with Gasteiger partial charge in [-0.1, -0.05) is 0 Å². The lowest BCUT2D eigenvalue weighted by molar-refractivity contribution is -0.144. The molecule has 0 aromatic carbocycles. The third-order valence-corrected chi connectivity index (χ3v) is 5.54. The van der Waals surface area contributed by atoms with Crippen molar-refractivity contribution in [1.29, 1.82) is 0 Å². The van der Waals surface area contributed by atoms with Gasteiger partial charge in [-0.3, -0.25) is 4.79 Å². The Balaban J connectivity index is 1.87. The topological polar surface area (TPSA) is 72.9 Å². The highest BCUT2D eigenvalue weighted by molar-refractivity contribution is 7.88. The number of hydrogen-bond acceptors (Lipinski definition) is 5. The third-order valence-electron chi connectivity index (χ3n) is 4.29. The summed E-state index contributed by atoms with van der Waals surface area (Å²) in [5.41, 5.74) is -0.347. The number of piperidine rings is 1. The minimum Gasteiger partial charge on any atom is -0.466 e. The summed E-state index contributed by atoms with van der Waals surface area (Å²) in [5.74, 6) is -0.191. The minimum absolute atomic E-state index is 0.0360. The van der Waals surface area contributed by atoms with Crippen molar-refractivity contribution >= 4 is 16.0 Å². The predicted molar refractivity (Wildman–Crippen MR) is 78.4 cm³/mol. The molecule has 2 aliphatic rings. The van der Waals surface area contributed by atoms with Gasteiger partial charge in [0.25, 0.3) is 0 Å². The number of sulfonamides is 1. The summed E-state index contributed by atoms with van der Waals surface area (Å²) in [6, 6.07) is 0. The van der Waals surface area contributed by atoms with Gasteiger partial charge in [0.2, 0.25) is 10.0 Å². The standard InChI is InChI=1S/C14H25NO5S/c1-3-19-13(16)6-5-12-7-9-14(20-12)8-4-10-15(11-14)21(2,17)18/h12H,3-11H2,1-2H3/t12-,14-/m0/s1. The van der Waals surface area contributed by atoms with Gasteiger partial charge >= 0.3 is 5.97 Å². The van der Waals surface area contributed by atoms with Gasteiger partial charge in [-0.25, -0.2) is 8.42 Å². The second-order valence-electron chi connectivity index (χ2n) is 6.01. The fraction of sp³-hybridized carbons (Fsp3) is 0.929. The highest BCUT2D eigenvalue weighted by atomic mass is 32.2. The average Bonchev–Trinajstić information content (AvgIpc) is 2.79. The molecular formula is C14H25NO5S. The van der Waals surface area contributed by atoms with Crippen molar-refractivity contribution in [3.63, 3.8) is 0 Å². The number of nitrogens with zero attached hydrogens (tertiary/aromatic N) is 1. The monoisotopic (exact) mass is 319 g/mol. The van der Waals surface area contributed by atoms with Crippen LogP contribution in [-0.4, -0.2) is 56.3 Å². The summed E-state index contributed by atoms with van der Waals surface area (Å²) in [6.45, 7) is 3.22. The molecule has 7 heteroatoms. The van der Waals surface area contributed by atoms with E-state index in [4.69, 9.17) is 9.47 Å². The second kappa shape index (κ2) is 6.62. The number of rotatable bonds is 5. The van der Waals surface area contributed by atoms with E-state index < -0.39 is 10.0 Å². The molecule has 0 amide bonds. The van der Waals surface area contributed by atoms with Crippen LogP contribution < -0.4 is 0 Å². The quantitative estimate of drug-likeness (QED) is 0.714. The van der Waals surface area contributed by atoms with Crippen LogP contribution in [0.15, 0.2) is 0 Å². The molecule has 0 saturated carbocycles. The molecule has 0 radical (unpaired) electrons. The van der Waals surface area contributed by atoms with Gasteiger partial charge in [0.15, 0.2) is 0 Å². The minimum atomic E-state index is -3.16. The zero-order valence-electron chi connectivity index (χ0n) is 12.8. The van der Waals surface area contributed by atoms with Crippen LogP contribution in [0.5, 0.6) is 0 Å². The first-order valence-electron chi connectivity index (χ1n) is 7.63. The molecule has 2 atom stereocenters. The van der Waals surface area contributed by atoms with E-state index in [0.717, 1.165) is 25.7 Å². The van der Waals surface area contributed by atoms with Crippen LogP contribution >= 0.6 is 0 Å². The van der Waals surface area contributed by atoms with Crippen LogP contribution in [0.25, 0.3) is 0 Å². The van der Waals surface area contributed by atoms with Crippen LogP contribution in [0.3, 0.4) is 0 Å². The van der Waals surface area contributed by atoms with E-state index in [1.54, 1.807) is 6.92 Å². The first kappa shape index (κ1) is 16.7. The molecule has 2 rings (SSSR count). The van der Waals surface area contributed by atoms with Crippen molar-refractivity contribution in [3.8, 4) is 0 Å². The summed E-state index contributed by atoms with van der Waals surface area (Å²) >= 11 is 0. The maximum Gasteiger partial charge on any atom is 0.305 e. The maximum atomic E-state index is 11.7. The zero-order valence-corrected chi connectivity index (χ0v) is 13.7. The predicted octanol–water partition coefficient (Wildman–Crippen LogP) is 1.30. The molecule has 2 heterocycles. The van der Waals surface area contributed by atoms with E-state index in [-0.39, 0.29) is 17.7 Å². The fourth-order valence-electron chi connectivity index (χ4n) is 3.25.